The molecule has 1 aliphatic heterocycles. The predicted octanol–water partition coefficient (Wildman–Crippen LogP) is 1.14. The first-order valence-electron chi connectivity index (χ1n) is 7.39. The summed E-state index contributed by atoms with van der Waals surface area (Å²) in [5, 5.41) is 7.85. The van der Waals surface area contributed by atoms with E-state index in [1.807, 2.05) is 11.0 Å². The van der Waals surface area contributed by atoms with Crippen molar-refractivity contribution >= 4 is 15.8 Å². The molecule has 2 aromatic rings. The largest absolute Gasteiger partial charge is 0.494 e. The van der Waals surface area contributed by atoms with Crippen LogP contribution in [0.4, 0.5) is 10.2 Å². The number of aromatic nitrogens is 2. The lowest BCUT2D eigenvalue weighted by Crippen LogP contribution is -2.49. The summed E-state index contributed by atoms with van der Waals surface area (Å²) < 4.78 is 45.3. The Balaban J connectivity index is 1.74. The molecule has 3 rings (SSSR count). The Kier molecular flexibility index (Phi) is 4.63. The van der Waals surface area contributed by atoms with Gasteiger partial charge < -0.3 is 9.64 Å². The molecular formula is C15H17FN4O3S. The van der Waals surface area contributed by atoms with Gasteiger partial charge in [0.05, 0.1) is 12.0 Å². The third-order valence-corrected chi connectivity index (χ3v) is 5.78. The molecule has 128 valence electrons. The standard InChI is InChI=1S/C15H17FN4O3S/c1-23-14-5-4-12(11-13(14)16)24(21,22)20-9-7-19(8-10-20)15-3-2-6-17-18-15/h2-6,11H,7-10H2,1H3. The molecule has 0 N–H and O–H groups in total. The molecule has 0 atom stereocenters. The number of sulfonamides is 1. The SMILES string of the molecule is COc1ccc(S(=O)(=O)N2CCN(c3cccnn3)CC2)cc1F. The van der Waals surface area contributed by atoms with Gasteiger partial charge in [-0.15, -0.1) is 5.10 Å². The summed E-state index contributed by atoms with van der Waals surface area (Å²) in [4.78, 5) is 1.89. The van der Waals surface area contributed by atoms with Gasteiger partial charge in [-0.1, -0.05) is 0 Å². The van der Waals surface area contributed by atoms with E-state index in [0.29, 0.717) is 32.0 Å². The smallest absolute Gasteiger partial charge is 0.243 e. The Morgan fingerprint density at radius 3 is 2.50 bits per heavy atom. The number of benzene rings is 1. The van der Waals surface area contributed by atoms with E-state index >= 15 is 0 Å². The summed E-state index contributed by atoms with van der Waals surface area (Å²) in [6, 6.07) is 7.27. The third kappa shape index (κ3) is 3.17. The molecule has 0 saturated carbocycles. The topological polar surface area (TPSA) is 75.6 Å². The zero-order valence-electron chi connectivity index (χ0n) is 13.1. The van der Waals surface area contributed by atoms with Crippen molar-refractivity contribution in [3.63, 3.8) is 0 Å². The van der Waals surface area contributed by atoms with Crippen molar-refractivity contribution in [2.45, 2.75) is 4.90 Å². The Morgan fingerprint density at radius 2 is 1.92 bits per heavy atom. The van der Waals surface area contributed by atoms with Gasteiger partial charge in [0, 0.05) is 32.4 Å². The predicted molar refractivity (Wildman–Crippen MR) is 86.0 cm³/mol. The molecule has 0 spiro atoms. The molecule has 2 heterocycles. The molecule has 0 unspecified atom stereocenters. The Bertz CT molecular complexity index is 809. The summed E-state index contributed by atoms with van der Waals surface area (Å²) in [5.41, 5.74) is 0. The molecule has 1 aliphatic rings. The van der Waals surface area contributed by atoms with E-state index in [0.717, 1.165) is 6.07 Å². The fourth-order valence-corrected chi connectivity index (χ4v) is 4.01. The normalized spacial score (nSPS) is 16.2. The Hall–Kier alpha value is -2.26. The summed E-state index contributed by atoms with van der Waals surface area (Å²) in [7, 11) is -2.41. The molecule has 9 heteroatoms. The van der Waals surface area contributed by atoms with Gasteiger partial charge in [0.1, 0.15) is 0 Å². The second kappa shape index (κ2) is 6.70. The quantitative estimate of drug-likeness (QED) is 0.821. The van der Waals surface area contributed by atoms with Gasteiger partial charge in [-0.25, -0.2) is 12.8 Å². The van der Waals surface area contributed by atoms with E-state index in [4.69, 9.17) is 4.74 Å². The van der Waals surface area contributed by atoms with Gasteiger partial charge >= 0.3 is 0 Å². The number of anilines is 1. The Morgan fingerprint density at radius 1 is 1.17 bits per heavy atom. The van der Waals surface area contributed by atoms with E-state index in [2.05, 4.69) is 10.2 Å². The summed E-state index contributed by atoms with van der Waals surface area (Å²) >= 11 is 0. The van der Waals surface area contributed by atoms with E-state index in [-0.39, 0.29) is 10.6 Å². The van der Waals surface area contributed by atoms with Crippen LogP contribution in [-0.2, 0) is 10.0 Å². The van der Waals surface area contributed by atoms with Crippen molar-refractivity contribution in [2.75, 3.05) is 38.2 Å². The lowest BCUT2D eigenvalue weighted by atomic mass is 10.3. The van der Waals surface area contributed by atoms with Crippen LogP contribution in [0.25, 0.3) is 0 Å². The summed E-state index contributed by atoms with van der Waals surface area (Å²) in [5.74, 6) is 0.0308. The summed E-state index contributed by atoms with van der Waals surface area (Å²) in [6.07, 6.45) is 1.59. The maximum absolute atomic E-state index is 13.8. The van der Waals surface area contributed by atoms with E-state index in [1.165, 1.54) is 23.5 Å². The number of hydrogen-bond donors (Lipinski definition) is 0. The van der Waals surface area contributed by atoms with Crippen molar-refractivity contribution in [3.05, 3.63) is 42.3 Å². The van der Waals surface area contributed by atoms with E-state index in [9.17, 15) is 12.8 Å². The fourth-order valence-electron chi connectivity index (χ4n) is 2.58. The highest BCUT2D eigenvalue weighted by atomic mass is 32.2. The molecular weight excluding hydrogens is 335 g/mol. The van der Waals surface area contributed by atoms with Crippen molar-refractivity contribution in [2.24, 2.45) is 0 Å². The van der Waals surface area contributed by atoms with Gasteiger partial charge in [-0.2, -0.15) is 9.40 Å². The van der Waals surface area contributed by atoms with Crippen molar-refractivity contribution in [3.8, 4) is 5.75 Å². The number of nitrogens with zero attached hydrogens (tertiary/aromatic N) is 4. The number of hydrogen-bond acceptors (Lipinski definition) is 6. The first-order valence-corrected chi connectivity index (χ1v) is 8.83. The minimum absolute atomic E-state index is 0.0152. The molecule has 1 aromatic heterocycles. The average molecular weight is 352 g/mol. The minimum atomic E-state index is -3.74. The maximum Gasteiger partial charge on any atom is 0.243 e. The first-order chi connectivity index (χ1) is 11.5. The van der Waals surface area contributed by atoms with Crippen LogP contribution < -0.4 is 9.64 Å². The van der Waals surface area contributed by atoms with Gasteiger partial charge in [-0.3, -0.25) is 0 Å². The summed E-state index contributed by atoms with van der Waals surface area (Å²) in [6.45, 7) is 1.59. The van der Waals surface area contributed by atoms with Crippen molar-refractivity contribution < 1.29 is 17.5 Å². The van der Waals surface area contributed by atoms with Gasteiger partial charge in [0.15, 0.2) is 17.4 Å². The number of piperazine rings is 1. The van der Waals surface area contributed by atoms with Gasteiger partial charge in [0.25, 0.3) is 0 Å². The first kappa shape index (κ1) is 16.6. The monoisotopic (exact) mass is 352 g/mol. The van der Waals surface area contributed by atoms with Crippen molar-refractivity contribution in [1.29, 1.82) is 0 Å². The average Bonchev–Trinajstić information content (AvgIpc) is 2.62. The zero-order valence-corrected chi connectivity index (χ0v) is 13.9. The van der Waals surface area contributed by atoms with Crippen LogP contribution in [0.3, 0.4) is 0 Å². The van der Waals surface area contributed by atoms with Crippen LogP contribution in [0.5, 0.6) is 5.75 Å². The minimum Gasteiger partial charge on any atom is -0.494 e. The highest BCUT2D eigenvalue weighted by Crippen LogP contribution is 2.24. The number of halogens is 1. The highest BCUT2D eigenvalue weighted by Gasteiger charge is 2.29. The molecule has 0 amide bonds. The van der Waals surface area contributed by atoms with E-state index in [1.54, 1.807) is 12.3 Å². The molecule has 1 aromatic carbocycles. The molecule has 24 heavy (non-hydrogen) atoms. The van der Waals surface area contributed by atoms with Crippen LogP contribution in [0, 0.1) is 5.82 Å². The second-order valence-electron chi connectivity index (χ2n) is 5.27. The number of rotatable bonds is 4. The van der Waals surface area contributed by atoms with Crippen molar-refractivity contribution in [1.82, 2.24) is 14.5 Å². The van der Waals surface area contributed by atoms with E-state index < -0.39 is 15.8 Å². The van der Waals surface area contributed by atoms with Crippen LogP contribution in [0.2, 0.25) is 0 Å². The highest BCUT2D eigenvalue weighted by molar-refractivity contribution is 7.89. The molecule has 1 fully saturated rings. The lowest BCUT2D eigenvalue weighted by Gasteiger charge is -2.34. The number of methoxy groups -OCH3 is 1. The van der Waals surface area contributed by atoms with Gasteiger partial charge in [-0.05, 0) is 30.3 Å². The third-order valence-electron chi connectivity index (χ3n) is 3.88. The molecule has 0 bridgehead atoms. The number of ether oxygens (including phenoxy) is 1. The molecule has 0 radical (unpaired) electrons. The Labute approximate surface area is 139 Å². The lowest BCUT2D eigenvalue weighted by molar-refractivity contribution is 0.379. The second-order valence-corrected chi connectivity index (χ2v) is 7.21. The van der Waals surface area contributed by atoms with Gasteiger partial charge in [0.2, 0.25) is 10.0 Å². The van der Waals surface area contributed by atoms with Crippen LogP contribution in [-0.4, -0.2) is 56.2 Å². The van der Waals surface area contributed by atoms with Crippen LogP contribution in [0.15, 0.2) is 41.4 Å². The zero-order chi connectivity index (χ0) is 17.2. The van der Waals surface area contributed by atoms with Crippen LogP contribution >= 0.6 is 0 Å². The molecule has 1 saturated heterocycles. The maximum atomic E-state index is 13.8. The van der Waals surface area contributed by atoms with Crippen LogP contribution in [0.1, 0.15) is 0 Å². The molecule has 7 nitrogen and oxygen atoms in total. The fraction of sp³-hybridized carbons (Fsp3) is 0.333. The molecule has 0 aliphatic carbocycles.